The molecule has 0 aliphatic carbocycles. The Morgan fingerprint density at radius 3 is 2.31 bits per heavy atom. The Balaban J connectivity index is 1.68. The predicted molar refractivity (Wildman–Crippen MR) is 115 cm³/mol. The van der Waals surface area contributed by atoms with Crippen molar-refractivity contribution in [3.63, 3.8) is 0 Å². The molecule has 0 fully saturated rings. The zero-order valence-electron chi connectivity index (χ0n) is 14.9. The summed E-state index contributed by atoms with van der Waals surface area (Å²) in [5.74, 6) is -0.468. The Labute approximate surface area is 177 Å². The molecule has 6 nitrogen and oxygen atoms in total. The van der Waals surface area contributed by atoms with E-state index in [1.54, 1.807) is 18.0 Å². The fourth-order valence-electron chi connectivity index (χ4n) is 2.33. The number of rotatable bonds is 6. The molecule has 148 valence electrons. The highest BCUT2D eigenvalue weighted by Crippen LogP contribution is 2.30. The van der Waals surface area contributed by atoms with Gasteiger partial charge in [-0.15, -0.1) is 0 Å². The highest BCUT2D eigenvalue weighted by Gasteiger charge is 2.10. The molecule has 0 heterocycles. The molecule has 0 saturated carbocycles. The number of amides is 1. The second-order valence-corrected chi connectivity index (χ2v) is 8.98. The summed E-state index contributed by atoms with van der Waals surface area (Å²) in [6.45, 7) is 0. The molecular weight excluding hydrogens is 430 g/mol. The first-order chi connectivity index (χ1) is 13.8. The average Bonchev–Trinajstić information content (AvgIpc) is 2.70. The maximum Gasteiger partial charge on any atom is 0.271 e. The van der Waals surface area contributed by atoms with Gasteiger partial charge in [-0.25, -0.2) is 19.0 Å². The summed E-state index contributed by atoms with van der Waals surface area (Å²) in [5.41, 5.74) is 3.52. The van der Waals surface area contributed by atoms with Gasteiger partial charge in [0.25, 0.3) is 5.91 Å². The number of carbonyl (C=O) groups is 1. The molecule has 3 aromatic carbocycles. The summed E-state index contributed by atoms with van der Waals surface area (Å²) in [6, 6.07) is 20.4. The minimum atomic E-state index is -3.80. The summed E-state index contributed by atoms with van der Waals surface area (Å²) in [7, 11) is -3.80. The summed E-state index contributed by atoms with van der Waals surface area (Å²) in [5, 5.41) is 9.72. The van der Waals surface area contributed by atoms with E-state index in [2.05, 4.69) is 10.5 Å². The van der Waals surface area contributed by atoms with Crippen LogP contribution in [-0.2, 0) is 10.0 Å². The van der Waals surface area contributed by atoms with Crippen molar-refractivity contribution < 1.29 is 13.2 Å². The van der Waals surface area contributed by atoms with Crippen LogP contribution in [0.1, 0.15) is 15.9 Å². The zero-order chi connectivity index (χ0) is 20.9. The quantitative estimate of drug-likeness (QED) is 0.443. The van der Waals surface area contributed by atoms with Crippen LogP contribution in [0.25, 0.3) is 0 Å². The molecule has 0 saturated heterocycles. The van der Waals surface area contributed by atoms with Crippen molar-refractivity contribution in [2.75, 3.05) is 0 Å². The van der Waals surface area contributed by atoms with E-state index < -0.39 is 15.9 Å². The van der Waals surface area contributed by atoms with E-state index in [4.69, 9.17) is 16.7 Å². The third-order valence-corrected chi connectivity index (χ3v) is 6.06. The van der Waals surface area contributed by atoms with E-state index in [1.165, 1.54) is 24.3 Å². The number of sulfonamides is 1. The minimum absolute atomic E-state index is 0.0642. The van der Waals surface area contributed by atoms with E-state index in [0.717, 1.165) is 15.4 Å². The second-order valence-electron chi connectivity index (χ2n) is 5.86. The first-order valence-electron chi connectivity index (χ1n) is 8.32. The van der Waals surface area contributed by atoms with Crippen molar-refractivity contribution >= 4 is 45.5 Å². The first-order valence-corrected chi connectivity index (χ1v) is 11.1. The summed E-state index contributed by atoms with van der Waals surface area (Å²) in [4.78, 5) is 14.1. The van der Waals surface area contributed by atoms with Gasteiger partial charge in [0.2, 0.25) is 10.0 Å². The number of nitrogens with one attached hydrogen (secondary N) is 1. The van der Waals surface area contributed by atoms with Gasteiger partial charge in [-0.1, -0.05) is 41.6 Å². The number of hydrogen-bond acceptors (Lipinski definition) is 5. The van der Waals surface area contributed by atoms with Crippen molar-refractivity contribution in [1.82, 2.24) is 5.43 Å². The summed E-state index contributed by atoms with van der Waals surface area (Å²) in [6.07, 6.45) is 1.55. The Morgan fingerprint density at radius 1 is 1.00 bits per heavy atom. The number of nitrogens with zero attached hydrogens (tertiary/aromatic N) is 1. The van der Waals surface area contributed by atoms with Gasteiger partial charge in [0.05, 0.1) is 11.1 Å². The molecule has 9 heteroatoms. The highest BCUT2D eigenvalue weighted by molar-refractivity contribution is 7.99. The predicted octanol–water partition coefficient (Wildman–Crippen LogP) is 3.90. The van der Waals surface area contributed by atoms with E-state index in [-0.39, 0.29) is 10.5 Å². The molecule has 3 N–H and O–H groups in total. The monoisotopic (exact) mass is 445 g/mol. The van der Waals surface area contributed by atoms with Crippen LogP contribution in [0.2, 0.25) is 5.02 Å². The van der Waals surface area contributed by atoms with Crippen molar-refractivity contribution in [1.29, 1.82) is 0 Å². The van der Waals surface area contributed by atoms with Crippen molar-refractivity contribution in [2.45, 2.75) is 14.7 Å². The molecule has 0 bridgehead atoms. The van der Waals surface area contributed by atoms with Gasteiger partial charge < -0.3 is 0 Å². The van der Waals surface area contributed by atoms with Crippen molar-refractivity contribution in [3.05, 3.63) is 88.9 Å². The van der Waals surface area contributed by atoms with Crippen LogP contribution in [0.4, 0.5) is 0 Å². The lowest BCUT2D eigenvalue weighted by Gasteiger charge is -2.06. The van der Waals surface area contributed by atoms with Crippen LogP contribution in [-0.4, -0.2) is 20.5 Å². The smallest absolute Gasteiger partial charge is 0.267 e. The largest absolute Gasteiger partial charge is 0.271 e. The molecule has 0 aromatic heterocycles. The lowest BCUT2D eigenvalue weighted by Crippen LogP contribution is -2.18. The Hall–Kier alpha value is -2.65. The highest BCUT2D eigenvalue weighted by atomic mass is 35.5. The van der Waals surface area contributed by atoms with E-state index in [1.807, 2.05) is 48.5 Å². The van der Waals surface area contributed by atoms with Crippen molar-refractivity contribution in [3.8, 4) is 0 Å². The van der Waals surface area contributed by atoms with Gasteiger partial charge in [-0.2, -0.15) is 5.10 Å². The molecule has 0 radical (unpaired) electrons. The molecule has 29 heavy (non-hydrogen) atoms. The van der Waals surface area contributed by atoms with Crippen LogP contribution in [0.3, 0.4) is 0 Å². The van der Waals surface area contributed by atoms with Crippen molar-refractivity contribution in [2.24, 2.45) is 10.2 Å². The summed E-state index contributed by atoms with van der Waals surface area (Å²) >= 11 is 7.47. The molecule has 0 unspecified atom stereocenters. The van der Waals surface area contributed by atoms with Gasteiger partial charge in [0.1, 0.15) is 0 Å². The van der Waals surface area contributed by atoms with Crippen LogP contribution < -0.4 is 10.6 Å². The molecular formula is C20H16ClN3O3S2. The SMILES string of the molecule is NS(=O)(=O)c1ccc(C(=O)NN=Cc2ccccc2Sc2ccc(Cl)cc2)cc1. The van der Waals surface area contributed by atoms with E-state index in [9.17, 15) is 13.2 Å². The Bertz CT molecular complexity index is 1150. The molecule has 0 spiro atoms. The van der Waals surface area contributed by atoms with Gasteiger partial charge in [-0.05, 0) is 54.6 Å². The topological polar surface area (TPSA) is 102 Å². The number of hydrogen-bond donors (Lipinski definition) is 2. The Morgan fingerprint density at radius 2 is 1.66 bits per heavy atom. The number of nitrogens with two attached hydrogens (primary N) is 1. The Kier molecular flexibility index (Phi) is 6.71. The lowest BCUT2D eigenvalue weighted by atomic mass is 10.2. The van der Waals surface area contributed by atoms with Gasteiger partial charge >= 0.3 is 0 Å². The maximum atomic E-state index is 12.2. The fourth-order valence-corrected chi connectivity index (χ4v) is 3.88. The van der Waals surface area contributed by atoms with Gasteiger partial charge in [0.15, 0.2) is 0 Å². The molecule has 0 atom stereocenters. The van der Waals surface area contributed by atoms with Gasteiger partial charge in [-0.3, -0.25) is 4.79 Å². The third kappa shape index (κ3) is 5.91. The third-order valence-electron chi connectivity index (χ3n) is 3.78. The number of hydrazone groups is 1. The minimum Gasteiger partial charge on any atom is -0.267 e. The number of halogens is 1. The second kappa shape index (κ2) is 9.23. The first kappa shape index (κ1) is 21.1. The number of primary sulfonamides is 1. The number of carbonyl (C=O) groups excluding carboxylic acids is 1. The van der Waals surface area contributed by atoms with Gasteiger partial charge in [0, 0.05) is 25.9 Å². The fraction of sp³-hybridized carbons (Fsp3) is 0. The average molecular weight is 446 g/mol. The van der Waals surface area contributed by atoms with E-state index in [0.29, 0.717) is 5.02 Å². The molecule has 3 aromatic rings. The van der Waals surface area contributed by atoms with E-state index >= 15 is 0 Å². The molecule has 1 amide bonds. The zero-order valence-corrected chi connectivity index (χ0v) is 17.3. The molecule has 0 aliphatic rings. The van der Waals surface area contributed by atoms with Crippen LogP contribution in [0, 0.1) is 0 Å². The van der Waals surface area contributed by atoms with Crippen LogP contribution in [0.15, 0.2) is 92.6 Å². The standard InChI is InChI=1S/C20H16ClN3O3S2/c21-16-7-9-17(10-8-16)28-19-4-2-1-3-15(19)13-23-24-20(25)14-5-11-18(12-6-14)29(22,26)27/h1-13H,(H,24,25)(H2,22,26,27). The van der Waals surface area contributed by atoms with Crippen LogP contribution >= 0.6 is 23.4 Å². The summed E-state index contributed by atoms with van der Waals surface area (Å²) < 4.78 is 22.5. The van der Waals surface area contributed by atoms with Crippen LogP contribution in [0.5, 0.6) is 0 Å². The lowest BCUT2D eigenvalue weighted by molar-refractivity contribution is 0.0955. The molecule has 3 rings (SSSR count). The number of benzene rings is 3. The molecule has 0 aliphatic heterocycles. The maximum absolute atomic E-state index is 12.2. The normalized spacial score (nSPS) is 11.5.